The van der Waals surface area contributed by atoms with Crippen LogP contribution in [0.4, 0.5) is 17.1 Å². The molecule has 42 heavy (non-hydrogen) atoms. The van der Waals surface area contributed by atoms with E-state index >= 15 is 0 Å². The van der Waals surface area contributed by atoms with Crippen molar-refractivity contribution in [1.82, 2.24) is 0 Å². The summed E-state index contributed by atoms with van der Waals surface area (Å²) < 4.78 is 2.66. The fraction of sp³-hybridized carbons (Fsp3) is 0. The number of rotatable bonds is 5. The summed E-state index contributed by atoms with van der Waals surface area (Å²) in [5, 5.41) is 5.14. The highest BCUT2D eigenvalue weighted by molar-refractivity contribution is 7.26. The standard InChI is InChI=1S/C40H27NS/c1-2-16-30(17-3-1)41(38-25-8-6-20-35(38)34-23-11-14-28-13-4-5-19-32(28)34)31-18-10-15-29(27-31)33-22-12-24-37-36-21-7-9-26-39(36)42-40(33)37/h1-27H. The van der Waals surface area contributed by atoms with E-state index in [0.29, 0.717) is 0 Å². The number of hydrogen-bond donors (Lipinski definition) is 0. The molecule has 8 rings (SSSR count). The predicted octanol–water partition coefficient (Wildman–Crippen LogP) is 12.0. The first-order chi connectivity index (χ1) is 20.8. The highest BCUT2D eigenvalue weighted by Gasteiger charge is 2.19. The van der Waals surface area contributed by atoms with Gasteiger partial charge in [0.25, 0.3) is 0 Å². The van der Waals surface area contributed by atoms with Crippen LogP contribution in [0.3, 0.4) is 0 Å². The molecule has 2 heteroatoms. The predicted molar refractivity (Wildman–Crippen MR) is 182 cm³/mol. The summed E-state index contributed by atoms with van der Waals surface area (Å²) in [5.41, 5.74) is 8.33. The van der Waals surface area contributed by atoms with Gasteiger partial charge < -0.3 is 4.90 Å². The minimum Gasteiger partial charge on any atom is -0.310 e. The summed E-state index contributed by atoms with van der Waals surface area (Å²) in [6.45, 7) is 0. The van der Waals surface area contributed by atoms with Gasteiger partial charge in [0, 0.05) is 37.1 Å². The highest BCUT2D eigenvalue weighted by atomic mass is 32.1. The average Bonchev–Trinajstić information content (AvgIpc) is 3.45. The molecule has 0 bridgehead atoms. The Labute approximate surface area is 249 Å². The topological polar surface area (TPSA) is 3.24 Å². The van der Waals surface area contributed by atoms with Crippen molar-refractivity contribution in [3.8, 4) is 22.3 Å². The van der Waals surface area contributed by atoms with E-state index in [4.69, 9.17) is 0 Å². The monoisotopic (exact) mass is 553 g/mol. The second-order valence-electron chi connectivity index (χ2n) is 10.5. The maximum Gasteiger partial charge on any atom is 0.0540 e. The molecule has 0 aliphatic carbocycles. The van der Waals surface area contributed by atoms with Crippen LogP contribution in [0.25, 0.3) is 53.2 Å². The van der Waals surface area contributed by atoms with Crippen molar-refractivity contribution in [3.05, 3.63) is 164 Å². The molecule has 1 heterocycles. The van der Waals surface area contributed by atoms with Crippen LogP contribution in [0.2, 0.25) is 0 Å². The zero-order chi connectivity index (χ0) is 27.9. The van der Waals surface area contributed by atoms with Crippen LogP contribution in [0.15, 0.2) is 164 Å². The van der Waals surface area contributed by atoms with E-state index in [1.165, 1.54) is 53.2 Å². The molecule has 0 atom stereocenters. The summed E-state index contributed by atoms with van der Waals surface area (Å²) in [5.74, 6) is 0. The summed E-state index contributed by atoms with van der Waals surface area (Å²) >= 11 is 1.88. The van der Waals surface area contributed by atoms with Crippen LogP contribution in [0.5, 0.6) is 0 Å². The van der Waals surface area contributed by atoms with Gasteiger partial charge in [0.15, 0.2) is 0 Å². The first-order valence-electron chi connectivity index (χ1n) is 14.3. The number of nitrogens with zero attached hydrogens (tertiary/aromatic N) is 1. The second-order valence-corrected chi connectivity index (χ2v) is 11.6. The SMILES string of the molecule is c1ccc(N(c2cccc(-c3cccc4c3sc3ccccc34)c2)c2ccccc2-c2cccc3ccccc23)cc1. The van der Waals surface area contributed by atoms with Gasteiger partial charge in [-0.15, -0.1) is 11.3 Å². The van der Waals surface area contributed by atoms with Crippen LogP contribution in [-0.2, 0) is 0 Å². The van der Waals surface area contributed by atoms with E-state index in [2.05, 4.69) is 169 Å². The Balaban J connectivity index is 1.34. The number of thiophene rings is 1. The molecule has 0 unspecified atom stereocenters. The third kappa shape index (κ3) is 4.16. The third-order valence-electron chi connectivity index (χ3n) is 8.06. The van der Waals surface area contributed by atoms with Crippen molar-refractivity contribution in [2.45, 2.75) is 0 Å². The van der Waals surface area contributed by atoms with Gasteiger partial charge in [-0.25, -0.2) is 0 Å². The maximum atomic E-state index is 2.39. The van der Waals surface area contributed by atoms with E-state index in [1.54, 1.807) is 0 Å². The summed E-state index contributed by atoms with van der Waals surface area (Å²) in [7, 11) is 0. The molecule has 0 radical (unpaired) electrons. The van der Waals surface area contributed by atoms with Gasteiger partial charge in [-0.1, -0.05) is 127 Å². The van der Waals surface area contributed by atoms with E-state index < -0.39 is 0 Å². The molecule has 0 saturated heterocycles. The zero-order valence-corrected chi connectivity index (χ0v) is 23.8. The quantitative estimate of drug-likeness (QED) is 0.205. The fourth-order valence-electron chi connectivity index (χ4n) is 6.15. The average molecular weight is 554 g/mol. The lowest BCUT2D eigenvalue weighted by molar-refractivity contribution is 1.28. The minimum absolute atomic E-state index is 1.13. The lowest BCUT2D eigenvalue weighted by Gasteiger charge is -2.28. The van der Waals surface area contributed by atoms with Gasteiger partial charge in [0.2, 0.25) is 0 Å². The molecular weight excluding hydrogens is 527 g/mol. The lowest BCUT2D eigenvalue weighted by atomic mass is 9.96. The van der Waals surface area contributed by atoms with Crippen molar-refractivity contribution in [2.24, 2.45) is 0 Å². The Morgan fingerprint density at radius 1 is 0.405 bits per heavy atom. The molecule has 8 aromatic rings. The molecule has 0 saturated carbocycles. The van der Waals surface area contributed by atoms with Crippen molar-refractivity contribution in [1.29, 1.82) is 0 Å². The number of benzene rings is 7. The van der Waals surface area contributed by atoms with E-state index in [0.717, 1.165) is 17.1 Å². The number of hydrogen-bond acceptors (Lipinski definition) is 2. The molecule has 7 aromatic carbocycles. The third-order valence-corrected chi connectivity index (χ3v) is 9.28. The molecule has 0 N–H and O–H groups in total. The Kier molecular flexibility index (Phi) is 6.05. The van der Waals surface area contributed by atoms with Gasteiger partial charge in [-0.05, 0) is 63.9 Å². The Morgan fingerprint density at radius 2 is 1.02 bits per heavy atom. The van der Waals surface area contributed by atoms with Crippen molar-refractivity contribution in [2.75, 3.05) is 4.90 Å². The van der Waals surface area contributed by atoms with Crippen molar-refractivity contribution >= 4 is 59.3 Å². The van der Waals surface area contributed by atoms with Crippen LogP contribution >= 0.6 is 11.3 Å². The Morgan fingerprint density at radius 3 is 1.95 bits per heavy atom. The van der Waals surface area contributed by atoms with Crippen molar-refractivity contribution < 1.29 is 0 Å². The van der Waals surface area contributed by atoms with Crippen LogP contribution in [0.1, 0.15) is 0 Å². The van der Waals surface area contributed by atoms with Crippen LogP contribution in [0, 0.1) is 0 Å². The molecule has 0 aliphatic rings. The zero-order valence-electron chi connectivity index (χ0n) is 22.9. The highest BCUT2D eigenvalue weighted by Crippen LogP contribution is 2.45. The molecule has 0 amide bonds. The number of para-hydroxylation sites is 2. The first-order valence-corrected chi connectivity index (χ1v) is 15.1. The normalized spacial score (nSPS) is 11.3. The van der Waals surface area contributed by atoms with Gasteiger partial charge in [-0.3, -0.25) is 0 Å². The summed E-state index contributed by atoms with van der Waals surface area (Å²) in [6.07, 6.45) is 0. The number of fused-ring (bicyclic) bond motifs is 4. The first kappa shape index (κ1) is 24.6. The molecule has 1 nitrogen and oxygen atoms in total. The van der Waals surface area contributed by atoms with Gasteiger partial charge in [0.1, 0.15) is 0 Å². The smallest absolute Gasteiger partial charge is 0.0540 e. The minimum atomic E-state index is 1.13. The Hall–Kier alpha value is -5.18. The molecule has 0 fully saturated rings. The number of anilines is 3. The van der Waals surface area contributed by atoms with Crippen LogP contribution < -0.4 is 4.90 Å². The van der Waals surface area contributed by atoms with E-state index in [9.17, 15) is 0 Å². The van der Waals surface area contributed by atoms with E-state index in [1.807, 2.05) is 11.3 Å². The molecule has 1 aromatic heterocycles. The molecular formula is C40H27NS. The maximum absolute atomic E-state index is 2.39. The van der Waals surface area contributed by atoms with Gasteiger partial charge >= 0.3 is 0 Å². The van der Waals surface area contributed by atoms with Crippen LogP contribution in [-0.4, -0.2) is 0 Å². The molecule has 0 spiro atoms. The fourth-order valence-corrected chi connectivity index (χ4v) is 7.39. The molecule has 198 valence electrons. The van der Waals surface area contributed by atoms with Gasteiger partial charge in [-0.2, -0.15) is 0 Å². The lowest BCUT2D eigenvalue weighted by Crippen LogP contribution is -2.11. The summed E-state index contributed by atoms with van der Waals surface area (Å²) in [4.78, 5) is 2.39. The van der Waals surface area contributed by atoms with Crippen molar-refractivity contribution in [3.63, 3.8) is 0 Å². The van der Waals surface area contributed by atoms with E-state index in [-0.39, 0.29) is 0 Å². The molecule has 0 aliphatic heterocycles. The Bertz CT molecular complexity index is 2200. The summed E-state index contributed by atoms with van der Waals surface area (Å²) in [6, 6.07) is 59.1. The van der Waals surface area contributed by atoms with Gasteiger partial charge in [0.05, 0.1) is 5.69 Å². The largest absolute Gasteiger partial charge is 0.310 e. The second kappa shape index (κ2) is 10.3.